The molecule has 0 atom stereocenters. The van der Waals surface area contributed by atoms with Gasteiger partial charge in [-0.1, -0.05) is 30.9 Å². The Kier molecular flexibility index (Phi) is 8.22. The third kappa shape index (κ3) is 7.35. The molecule has 1 aromatic rings. The summed E-state index contributed by atoms with van der Waals surface area (Å²) in [6.45, 7) is 3.77. The molecule has 0 saturated carbocycles. The minimum Gasteiger partial charge on any atom is -0.383 e. The maximum atomic E-state index is 13.4. The molecule has 0 saturated heterocycles. The number of benzene rings is 1. The Hall–Kier alpha value is -2.47. The molecule has 3 N–H and O–H groups in total. The minimum absolute atomic E-state index is 0.202. The summed E-state index contributed by atoms with van der Waals surface area (Å²) in [6.07, 6.45) is 9.70. The van der Waals surface area contributed by atoms with Crippen molar-refractivity contribution in [1.29, 1.82) is 5.41 Å². The second-order valence-corrected chi connectivity index (χ2v) is 4.81. The van der Waals surface area contributed by atoms with Crippen LogP contribution in [0.15, 0.2) is 75.5 Å². The van der Waals surface area contributed by atoms with Crippen LogP contribution < -0.4 is 5.73 Å². The van der Waals surface area contributed by atoms with Gasteiger partial charge in [0.05, 0.1) is 17.2 Å². The van der Waals surface area contributed by atoms with E-state index in [4.69, 9.17) is 11.1 Å². The lowest BCUT2D eigenvalue weighted by Gasteiger charge is -1.97. The van der Waals surface area contributed by atoms with Gasteiger partial charge in [0.1, 0.15) is 11.7 Å². The van der Waals surface area contributed by atoms with Crippen LogP contribution in [0.1, 0.15) is 0 Å². The van der Waals surface area contributed by atoms with Crippen LogP contribution in [-0.4, -0.2) is 24.3 Å². The predicted octanol–water partition coefficient (Wildman–Crippen LogP) is 3.58. The van der Waals surface area contributed by atoms with E-state index in [2.05, 4.69) is 16.0 Å². The average molecular weight is 316 g/mol. The number of aliphatic imine (C=N–C) groups is 1. The standard InChI is InChI=1S/C16H17FN4S/c1-2-3-6-11-20-12-13(18)9-10-16(19)21-22-15-8-5-4-7-14(15)17/h2-11,18H,1,12H2,(H2,19,21)/b6-3-,10-9-,18-13?,20-11?. The summed E-state index contributed by atoms with van der Waals surface area (Å²) in [5, 5.41) is 7.67. The lowest BCUT2D eigenvalue weighted by molar-refractivity contribution is 0.602. The van der Waals surface area contributed by atoms with Gasteiger partial charge in [-0.15, -0.1) is 0 Å². The zero-order chi connectivity index (χ0) is 16.2. The minimum atomic E-state index is -0.345. The first kappa shape index (κ1) is 17.6. The van der Waals surface area contributed by atoms with Gasteiger partial charge in [-0.3, -0.25) is 4.99 Å². The molecule has 114 valence electrons. The number of nitrogens with two attached hydrogens (primary N) is 1. The van der Waals surface area contributed by atoms with Gasteiger partial charge in [-0.05, 0) is 30.4 Å². The van der Waals surface area contributed by atoms with E-state index in [9.17, 15) is 4.39 Å². The third-order valence-electron chi connectivity index (χ3n) is 2.24. The number of amidine groups is 1. The van der Waals surface area contributed by atoms with Crippen LogP contribution >= 0.6 is 11.9 Å². The van der Waals surface area contributed by atoms with Crippen molar-refractivity contribution in [3.63, 3.8) is 0 Å². The summed E-state index contributed by atoms with van der Waals surface area (Å²) in [5.41, 5.74) is 5.97. The van der Waals surface area contributed by atoms with Crippen molar-refractivity contribution in [2.45, 2.75) is 4.90 Å². The SMILES string of the molecule is C=C/C=C\C=NCC(=N)/C=C\C(N)=NSc1ccccc1F. The Morgan fingerprint density at radius 3 is 2.82 bits per heavy atom. The smallest absolute Gasteiger partial charge is 0.138 e. The van der Waals surface area contributed by atoms with Crippen molar-refractivity contribution < 1.29 is 4.39 Å². The van der Waals surface area contributed by atoms with Crippen molar-refractivity contribution in [2.75, 3.05) is 6.54 Å². The monoisotopic (exact) mass is 316 g/mol. The van der Waals surface area contributed by atoms with E-state index in [0.29, 0.717) is 4.90 Å². The van der Waals surface area contributed by atoms with Gasteiger partial charge in [-0.25, -0.2) is 4.39 Å². The van der Waals surface area contributed by atoms with Crippen LogP contribution in [-0.2, 0) is 0 Å². The van der Waals surface area contributed by atoms with Gasteiger partial charge >= 0.3 is 0 Å². The maximum Gasteiger partial charge on any atom is 0.138 e. The summed E-state index contributed by atoms with van der Waals surface area (Å²) in [6, 6.07) is 6.31. The van der Waals surface area contributed by atoms with Crippen LogP contribution in [0.2, 0.25) is 0 Å². The lowest BCUT2D eigenvalue weighted by atomic mass is 10.3. The topological polar surface area (TPSA) is 74.6 Å². The van der Waals surface area contributed by atoms with Crippen LogP contribution in [0.25, 0.3) is 0 Å². The zero-order valence-corrected chi connectivity index (χ0v) is 12.8. The van der Waals surface area contributed by atoms with Gasteiger partial charge < -0.3 is 11.1 Å². The summed E-state index contributed by atoms with van der Waals surface area (Å²) >= 11 is 0.952. The van der Waals surface area contributed by atoms with Crippen molar-refractivity contribution in [1.82, 2.24) is 0 Å². The van der Waals surface area contributed by atoms with Crippen LogP contribution in [0.4, 0.5) is 4.39 Å². The summed E-state index contributed by atoms with van der Waals surface area (Å²) < 4.78 is 17.3. The molecule has 22 heavy (non-hydrogen) atoms. The molecule has 0 bridgehead atoms. The van der Waals surface area contributed by atoms with Gasteiger partial charge in [0.2, 0.25) is 0 Å². The zero-order valence-electron chi connectivity index (χ0n) is 11.9. The van der Waals surface area contributed by atoms with Crippen molar-refractivity contribution >= 4 is 29.7 Å². The fourth-order valence-corrected chi connectivity index (χ4v) is 1.79. The van der Waals surface area contributed by atoms with Gasteiger partial charge in [0.15, 0.2) is 0 Å². The normalized spacial score (nSPS) is 12.5. The Balaban J connectivity index is 2.47. The van der Waals surface area contributed by atoms with E-state index >= 15 is 0 Å². The highest BCUT2D eigenvalue weighted by molar-refractivity contribution is 7.98. The molecule has 0 amide bonds. The van der Waals surface area contributed by atoms with Crippen molar-refractivity contribution in [3.8, 4) is 0 Å². The van der Waals surface area contributed by atoms with Crippen LogP contribution in [0.5, 0.6) is 0 Å². The van der Waals surface area contributed by atoms with Crippen molar-refractivity contribution in [2.24, 2.45) is 15.1 Å². The third-order valence-corrected chi connectivity index (χ3v) is 3.07. The summed E-state index contributed by atoms with van der Waals surface area (Å²) in [4.78, 5) is 4.42. The molecule has 0 fully saturated rings. The molecule has 0 aliphatic carbocycles. The van der Waals surface area contributed by atoms with Gasteiger partial charge in [-0.2, -0.15) is 4.40 Å². The molecule has 6 heteroatoms. The van der Waals surface area contributed by atoms with Crippen LogP contribution in [0, 0.1) is 11.2 Å². The molecule has 1 rings (SSSR count). The number of hydrogen-bond donors (Lipinski definition) is 2. The largest absolute Gasteiger partial charge is 0.383 e. The molecule has 0 unspecified atom stereocenters. The fraction of sp³-hybridized carbons (Fsp3) is 0.0625. The molecular weight excluding hydrogens is 299 g/mol. The molecule has 0 aliphatic heterocycles. The second kappa shape index (κ2) is 10.3. The Bertz CT molecular complexity index is 633. The predicted molar refractivity (Wildman–Crippen MR) is 93.4 cm³/mol. The highest BCUT2D eigenvalue weighted by Crippen LogP contribution is 2.21. The van der Waals surface area contributed by atoms with E-state index < -0.39 is 0 Å². The number of halogens is 1. The summed E-state index contributed by atoms with van der Waals surface area (Å²) in [5.74, 6) is -0.142. The molecule has 1 aromatic carbocycles. The fourth-order valence-electron chi connectivity index (χ4n) is 1.23. The Morgan fingerprint density at radius 2 is 2.09 bits per heavy atom. The number of hydrogen-bond acceptors (Lipinski definition) is 4. The quantitative estimate of drug-likeness (QED) is 0.333. The first-order valence-electron chi connectivity index (χ1n) is 6.41. The first-order chi connectivity index (χ1) is 10.6. The van der Waals surface area contributed by atoms with Crippen LogP contribution in [0.3, 0.4) is 0 Å². The molecular formula is C16H17FN4S. The Morgan fingerprint density at radius 1 is 1.32 bits per heavy atom. The summed E-state index contributed by atoms with van der Waals surface area (Å²) in [7, 11) is 0. The highest BCUT2D eigenvalue weighted by Gasteiger charge is 2.00. The number of nitrogens with one attached hydrogen (secondary N) is 1. The first-order valence-corrected chi connectivity index (χ1v) is 7.19. The van der Waals surface area contributed by atoms with E-state index in [0.717, 1.165) is 11.9 Å². The van der Waals surface area contributed by atoms with Gasteiger partial charge in [0, 0.05) is 18.2 Å². The molecule has 0 aromatic heterocycles. The van der Waals surface area contributed by atoms with E-state index in [1.165, 1.54) is 18.2 Å². The molecule has 0 aliphatic rings. The van der Waals surface area contributed by atoms with Crippen molar-refractivity contribution in [3.05, 3.63) is 67.0 Å². The number of nitrogens with zero attached hydrogens (tertiary/aromatic N) is 2. The molecule has 0 radical (unpaired) electrons. The average Bonchev–Trinajstić information content (AvgIpc) is 2.52. The van der Waals surface area contributed by atoms with E-state index in [1.54, 1.807) is 42.6 Å². The van der Waals surface area contributed by atoms with Gasteiger partial charge in [0.25, 0.3) is 0 Å². The lowest BCUT2D eigenvalue weighted by Crippen LogP contribution is -2.08. The second-order valence-electron chi connectivity index (χ2n) is 4.01. The number of rotatable bonds is 8. The molecule has 0 spiro atoms. The van der Waals surface area contributed by atoms with E-state index in [-0.39, 0.29) is 23.9 Å². The van der Waals surface area contributed by atoms with E-state index in [1.807, 2.05) is 0 Å². The number of allylic oxidation sites excluding steroid dienone is 3. The molecule has 4 nitrogen and oxygen atoms in total. The molecule has 0 heterocycles. The maximum absolute atomic E-state index is 13.4. The Labute approximate surface area is 133 Å². The highest BCUT2D eigenvalue weighted by atomic mass is 32.2.